The summed E-state index contributed by atoms with van der Waals surface area (Å²) in [5, 5.41) is 0. The lowest BCUT2D eigenvalue weighted by atomic mass is 10.0. The van der Waals surface area contributed by atoms with Crippen molar-refractivity contribution < 1.29 is 9.22 Å². The van der Waals surface area contributed by atoms with Gasteiger partial charge in [0.25, 0.3) is 0 Å². The molecule has 0 spiro atoms. The summed E-state index contributed by atoms with van der Waals surface area (Å²) in [5.74, 6) is 0.237. The van der Waals surface area contributed by atoms with E-state index in [2.05, 4.69) is 65.8 Å². The Morgan fingerprint density at radius 3 is 1.83 bits per heavy atom. The third-order valence-corrected chi connectivity index (χ3v) is 11.1. The fourth-order valence-corrected chi connectivity index (χ4v) is 9.51. The molecule has 0 heterocycles. The fourth-order valence-electron chi connectivity index (χ4n) is 3.95. The summed E-state index contributed by atoms with van der Waals surface area (Å²) in [7, 11) is -1.96. The highest BCUT2D eigenvalue weighted by Crippen LogP contribution is 2.45. The highest BCUT2D eigenvalue weighted by molar-refractivity contribution is 6.77. The zero-order chi connectivity index (χ0) is 17.6. The summed E-state index contributed by atoms with van der Waals surface area (Å²) in [5.41, 5.74) is 2.84. The van der Waals surface area contributed by atoms with Gasteiger partial charge in [0.2, 0.25) is 8.32 Å². The highest BCUT2D eigenvalue weighted by Gasteiger charge is 2.46. The molecule has 1 rings (SSSR count). The van der Waals surface area contributed by atoms with Crippen LogP contribution in [0.4, 0.5) is 0 Å². The number of Topliss-reactive ketones (excluding diaryl/α,β-unsaturated/α-hetero) is 1. The lowest BCUT2D eigenvalue weighted by molar-refractivity contribution is -0.117. The molecule has 1 atom stereocenters. The molecule has 0 radical (unpaired) electrons. The Bertz CT molecular complexity index is 458. The molecule has 0 N–H and O–H groups in total. The average Bonchev–Trinajstić information content (AvgIpc) is 2.47. The topological polar surface area (TPSA) is 26.3 Å². The van der Waals surface area contributed by atoms with Gasteiger partial charge >= 0.3 is 0 Å². The van der Waals surface area contributed by atoms with Gasteiger partial charge in [-0.05, 0) is 35.5 Å². The van der Waals surface area contributed by atoms with Crippen LogP contribution in [0.15, 0.2) is 30.3 Å². The van der Waals surface area contributed by atoms with Crippen molar-refractivity contribution in [1.29, 1.82) is 0 Å². The normalized spacial score (nSPS) is 13.8. The molecule has 0 aromatic heterocycles. The van der Waals surface area contributed by atoms with Crippen molar-refractivity contribution in [3.05, 3.63) is 35.9 Å². The van der Waals surface area contributed by atoms with E-state index in [-0.39, 0.29) is 11.9 Å². The van der Waals surface area contributed by atoms with Crippen molar-refractivity contribution >= 4 is 14.1 Å². The Balaban J connectivity index is 3.16. The van der Waals surface area contributed by atoms with Crippen LogP contribution in [-0.2, 0) is 9.22 Å². The average molecular weight is 335 g/mol. The van der Waals surface area contributed by atoms with Gasteiger partial charge in [-0.25, -0.2) is 0 Å². The molecule has 0 amide bonds. The Morgan fingerprint density at radius 1 is 0.957 bits per heavy atom. The summed E-state index contributed by atoms with van der Waals surface area (Å²) < 4.78 is 6.95. The van der Waals surface area contributed by atoms with Crippen molar-refractivity contribution in [1.82, 2.24) is 0 Å². The number of carbonyl (C=O) groups is 1. The largest absolute Gasteiger partial charge is 0.409 e. The van der Waals surface area contributed by atoms with Crippen molar-refractivity contribution in [2.75, 3.05) is 0 Å². The zero-order valence-electron chi connectivity index (χ0n) is 15.9. The third kappa shape index (κ3) is 5.02. The van der Waals surface area contributed by atoms with Crippen molar-refractivity contribution in [2.45, 2.75) is 84.0 Å². The predicted molar refractivity (Wildman–Crippen MR) is 101 cm³/mol. The highest BCUT2D eigenvalue weighted by atomic mass is 28.4. The van der Waals surface area contributed by atoms with E-state index >= 15 is 0 Å². The molecule has 2 nitrogen and oxygen atoms in total. The molecule has 0 fully saturated rings. The first kappa shape index (κ1) is 20.1. The summed E-state index contributed by atoms with van der Waals surface area (Å²) in [6.07, 6.45) is 1.39. The number of carbonyl (C=O) groups excluding carboxylic acids is 1. The van der Waals surface area contributed by atoms with Gasteiger partial charge in [0.05, 0.1) is 6.10 Å². The number of rotatable bonds is 9. The predicted octanol–water partition coefficient (Wildman–Crippen LogP) is 6.29. The molecular formula is C20H34O2Si. The SMILES string of the molecule is CC(=O)CCC(O[Si](C(C)C)(C(C)C)C(C)C)c1ccccc1. The maximum atomic E-state index is 11.5. The molecule has 0 saturated heterocycles. The quantitative estimate of drug-likeness (QED) is 0.496. The first-order chi connectivity index (χ1) is 10.7. The van der Waals surface area contributed by atoms with Crippen LogP contribution in [0.3, 0.4) is 0 Å². The molecule has 0 aliphatic rings. The first-order valence-corrected chi connectivity index (χ1v) is 11.1. The Hall–Kier alpha value is -0.933. The smallest absolute Gasteiger partial charge is 0.201 e. The minimum atomic E-state index is -1.96. The molecule has 23 heavy (non-hydrogen) atoms. The number of hydrogen-bond acceptors (Lipinski definition) is 2. The maximum Gasteiger partial charge on any atom is 0.201 e. The van der Waals surface area contributed by atoms with Gasteiger partial charge < -0.3 is 9.22 Å². The van der Waals surface area contributed by atoms with Gasteiger partial charge in [-0.3, -0.25) is 0 Å². The van der Waals surface area contributed by atoms with Gasteiger partial charge in [0.1, 0.15) is 5.78 Å². The monoisotopic (exact) mass is 334 g/mol. The zero-order valence-corrected chi connectivity index (χ0v) is 16.9. The molecule has 1 aromatic carbocycles. The van der Waals surface area contributed by atoms with Gasteiger partial charge in [0, 0.05) is 6.42 Å². The molecular weight excluding hydrogens is 300 g/mol. The fraction of sp³-hybridized carbons (Fsp3) is 0.650. The van der Waals surface area contributed by atoms with Crippen molar-refractivity contribution in [2.24, 2.45) is 0 Å². The van der Waals surface area contributed by atoms with E-state index < -0.39 is 8.32 Å². The number of benzene rings is 1. The Labute approximate surface area is 143 Å². The summed E-state index contributed by atoms with van der Waals surface area (Å²) in [4.78, 5) is 11.5. The lowest BCUT2D eigenvalue weighted by Gasteiger charge is -2.44. The lowest BCUT2D eigenvalue weighted by Crippen LogP contribution is -2.48. The van der Waals surface area contributed by atoms with E-state index in [1.807, 2.05) is 6.07 Å². The van der Waals surface area contributed by atoms with Gasteiger partial charge in [-0.15, -0.1) is 0 Å². The number of hydrogen-bond donors (Lipinski definition) is 0. The minimum Gasteiger partial charge on any atom is -0.409 e. The van der Waals surface area contributed by atoms with Crippen molar-refractivity contribution in [3.8, 4) is 0 Å². The molecule has 0 aliphatic heterocycles. The summed E-state index contributed by atoms with van der Waals surface area (Å²) in [6, 6.07) is 10.4. The van der Waals surface area contributed by atoms with Crippen LogP contribution in [0.25, 0.3) is 0 Å². The molecule has 3 heteroatoms. The van der Waals surface area contributed by atoms with Crippen LogP contribution < -0.4 is 0 Å². The van der Waals surface area contributed by atoms with E-state index in [1.54, 1.807) is 6.92 Å². The van der Waals surface area contributed by atoms with Gasteiger partial charge in [0.15, 0.2) is 0 Å². The molecule has 1 unspecified atom stereocenters. The molecule has 130 valence electrons. The molecule has 0 aliphatic carbocycles. The number of ketones is 1. The maximum absolute atomic E-state index is 11.5. The van der Waals surface area contributed by atoms with Gasteiger partial charge in [-0.2, -0.15) is 0 Å². The van der Waals surface area contributed by atoms with E-state index in [0.29, 0.717) is 23.0 Å². The van der Waals surface area contributed by atoms with Crippen LogP contribution in [0.2, 0.25) is 16.6 Å². The minimum absolute atomic E-state index is 0.0268. The second-order valence-corrected chi connectivity index (χ2v) is 13.0. The Kier molecular flexibility index (Phi) is 7.69. The molecule has 0 bridgehead atoms. The third-order valence-electron chi connectivity index (χ3n) is 4.98. The van der Waals surface area contributed by atoms with E-state index in [1.165, 1.54) is 5.56 Å². The molecule has 1 aromatic rings. The van der Waals surface area contributed by atoms with Crippen LogP contribution in [0.5, 0.6) is 0 Å². The van der Waals surface area contributed by atoms with E-state index in [4.69, 9.17) is 4.43 Å². The standard InChI is InChI=1S/C20H34O2Si/c1-15(2)23(16(3)4,17(5)6)22-20(14-13-18(7)21)19-11-9-8-10-12-19/h8-12,15-17,20H,13-14H2,1-7H3. The first-order valence-electron chi connectivity index (χ1n) is 8.94. The second-order valence-electron chi connectivity index (χ2n) is 7.58. The second kappa shape index (κ2) is 8.79. The van der Waals surface area contributed by atoms with Crippen LogP contribution in [-0.4, -0.2) is 14.1 Å². The van der Waals surface area contributed by atoms with Gasteiger partial charge in [-0.1, -0.05) is 71.9 Å². The van der Waals surface area contributed by atoms with E-state index in [9.17, 15) is 4.79 Å². The van der Waals surface area contributed by atoms with E-state index in [0.717, 1.165) is 6.42 Å². The molecule has 0 saturated carbocycles. The van der Waals surface area contributed by atoms with Crippen LogP contribution in [0, 0.1) is 0 Å². The summed E-state index contributed by atoms with van der Waals surface area (Å²) in [6.45, 7) is 15.5. The Morgan fingerprint density at radius 2 is 1.43 bits per heavy atom. The summed E-state index contributed by atoms with van der Waals surface area (Å²) >= 11 is 0. The van der Waals surface area contributed by atoms with Crippen molar-refractivity contribution in [3.63, 3.8) is 0 Å². The van der Waals surface area contributed by atoms with Crippen LogP contribution in [0.1, 0.15) is 73.0 Å². The van der Waals surface area contributed by atoms with Crippen LogP contribution >= 0.6 is 0 Å².